The van der Waals surface area contributed by atoms with Gasteiger partial charge in [0, 0.05) is 14.1 Å². The number of nitrogens with two attached hydrogens (primary N) is 1. The van der Waals surface area contributed by atoms with Crippen molar-refractivity contribution in [3.05, 3.63) is 15.6 Å². The predicted molar refractivity (Wildman–Crippen MR) is 106 cm³/mol. The van der Waals surface area contributed by atoms with E-state index in [2.05, 4.69) is 0 Å². The molecule has 0 saturated carbocycles. The van der Waals surface area contributed by atoms with Crippen LogP contribution in [-0.2, 0) is 19.8 Å². The highest BCUT2D eigenvalue weighted by Gasteiger charge is 2.36. The second-order valence-corrected chi connectivity index (χ2v) is 9.28. The summed E-state index contributed by atoms with van der Waals surface area (Å²) < 4.78 is 46.1. The Morgan fingerprint density at radius 2 is 1.50 bits per heavy atom. The molecule has 28 heavy (non-hydrogen) atoms. The minimum atomic E-state index is -4.27. The molecular weight excluding hydrogens is 435 g/mol. The number of ether oxygens (including phenoxy) is 3. The number of benzene rings is 1. The van der Waals surface area contributed by atoms with Crippen LogP contribution in [0.2, 0.25) is 10.0 Å². The fourth-order valence-corrected chi connectivity index (χ4v) is 3.34. The molecule has 0 radical (unpaired) electrons. The molecule has 0 fully saturated rings. The Balaban J connectivity index is 3.79. The molecule has 160 valence electrons. The molecule has 1 atom stereocenters. The molecule has 1 rings (SSSR count). The highest BCUT2D eigenvalue weighted by Crippen LogP contribution is 2.51. The minimum Gasteiger partial charge on any atom is -0.495 e. The van der Waals surface area contributed by atoms with E-state index >= 15 is 0 Å². The van der Waals surface area contributed by atoms with Crippen molar-refractivity contribution in [3.63, 3.8) is 0 Å². The van der Waals surface area contributed by atoms with Crippen molar-refractivity contribution >= 4 is 39.5 Å². The largest absolute Gasteiger partial charge is 0.495 e. The number of hydrogen-bond acceptors (Lipinski definition) is 8. The lowest BCUT2D eigenvalue weighted by Crippen LogP contribution is -2.33. The Morgan fingerprint density at radius 1 is 1.04 bits per heavy atom. The zero-order valence-electron chi connectivity index (χ0n) is 16.6. The van der Waals surface area contributed by atoms with E-state index in [1.807, 2.05) is 0 Å². The fraction of sp³-hybridized carbons (Fsp3) is 0.562. The summed E-state index contributed by atoms with van der Waals surface area (Å²) in [4.78, 5) is 12.5. The lowest BCUT2D eigenvalue weighted by molar-refractivity contribution is -0.156. The van der Waals surface area contributed by atoms with Crippen LogP contribution >= 0.6 is 23.2 Å². The van der Waals surface area contributed by atoms with E-state index in [4.69, 9.17) is 47.3 Å². The molecule has 0 amide bonds. The molecule has 0 aliphatic heterocycles. The van der Waals surface area contributed by atoms with Gasteiger partial charge in [-0.15, -0.1) is 0 Å². The summed E-state index contributed by atoms with van der Waals surface area (Å²) in [5.74, 6) is -1.56. The molecule has 0 bridgehead atoms. The maximum atomic E-state index is 12.5. The summed E-state index contributed by atoms with van der Waals surface area (Å²) in [5.41, 5.74) is 5.00. The maximum absolute atomic E-state index is 12.5. The number of esters is 1. The zero-order valence-corrected chi connectivity index (χ0v) is 19.0. The van der Waals surface area contributed by atoms with Crippen LogP contribution in [0.15, 0.2) is 0 Å². The topological polar surface area (TPSA) is 117 Å². The molecule has 1 unspecified atom stereocenters. The van der Waals surface area contributed by atoms with Crippen molar-refractivity contribution in [1.29, 1.82) is 0 Å². The van der Waals surface area contributed by atoms with Crippen LogP contribution in [0, 0.1) is 0 Å². The summed E-state index contributed by atoms with van der Waals surface area (Å²) in [6.45, 7) is 4.95. The van der Waals surface area contributed by atoms with Crippen LogP contribution in [0.3, 0.4) is 0 Å². The first-order valence-corrected chi connectivity index (χ1v) is 10.0. The monoisotopic (exact) mass is 458 g/mol. The quantitative estimate of drug-likeness (QED) is 0.619. The third-order valence-corrected chi connectivity index (χ3v) is 5.26. The van der Waals surface area contributed by atoms with Gasteiger partial charge in [0.05, 0.1) is 19.8 Å². The Hall–Kier alpha value is -1.46. The van der Waals surface area contributed by atoms with E-state index < -0.39 is 33.7 Å². The van der Waals surface area contributed by atoms with E-state index in [9.17, 15) is 13.2 Å². The third kappa shape index (κ3) is 5.32. The van der Waals surface area contributed by atoms with Gasteiger partial charge in [0.1, 0.15) is 21.7 Å². The number of rotatable bonds is 7. The molecule has 12 heteroatoms. The highest BCUT2D eigenvalue weighted by molar-refractivity contribution is 7.84. The van der Waals surface area contributed by atoms with Gasteiger partial charge in [-0.25, -0.2) is 4.79 Å². The number of methoxy groups -OCH3 is 2. The van der Waals surface area contributed by atoms with E-state index in [-0.39, 0.29) is 27.1 Å². The van der Waals surface area contributed by atoms with E-state index in [1.54, 1.807) is 20.8 Å². The molecule has 0 aliphatic rings. The SMILES string of the molecule is COc1c(Cl)c(OC)c(C(N)C(=O)OC(C)(C)C)c(OS(=O)(=O)N(C)C)c1Cl. The van der Waals surface area contributed by atoms with E-state index in [1.165, 1.54) is 28.3 Å². The Labute approximate surface area is 174 Å². The van der Waals surface area contributed by atoms with Gasteiger partial charge >= 0.3 is 16.3 Å². The molecular formula is C16H24Cl2N2O7S. The van der Waals surface area contributed by atoms with Gasteiger partial charge in [-0.2, -0.15) is 12.7 Å². The van der Waals surface area contributed by atoms with Gasteiger partial charge in [-0.05, 0) is 20.8 Å². The molecule has 2 N–H and O–H groups in total. The summed E-state index contributed by atoms with van der Waals surface area (Å²) >= 11 is 12.5. The molecule has 0 spiro atoms. The van der Waals surface area contributed by atoms with Gasteiger partial charge in [-0.1, -0.05) is 23.2 Å². The maximum Gasteiger partial charge on any atom is 0.384 e. The van der Waals surface area contributed by atoms with Crippen LogP contribution in [0.5, 0.6) is 17.2 Å². The molecule has 0 aromatic heterocycles. The Bertz CT molecular complexity index is 852. The zero-order chi connectivity index (χ0) is 22.0. The van der Waals surface area contributed by atoms with Crippen molar-refractivity contribution in [3.8, 4) is 17.2 Å². The summed E-state index contributed by atoms with van der Waals surface area (Å²) in [5, 5.41) is -0.411. The van der Waals surface area contributed by atoms with Crippen LogP contribution in [0.1, 0.15) is 32.4 Å². The molecule has 1 aromatic rings. The first-order valence-electron chi connectivity index (χ1n) is 7.91. The molecule has 1 aromatic carbocycles. The first kappa shape index (κ1) is 24.6. The molecule has 0 aliphatic carbocycles. The van der Waals surface area contributed by atoms with Crippen molar-refractivity contribution in [2.45, 2.75) is 32.4 Å². The number of hydrogen-bond donors (Lipinski definition) is 1. The number of nitrogens with zero attached hydrogens (tertiary/aromatic N) is 1. The highest BCUT2D eigenvalue weighted by atomic mass is 35.5. The van der Waals surface area contributed by atoms with Crippen LogP contribution in [-0.4, -0.2) is 52.6 Å². The number of carbonyl (C=O) groups is 1. The number of carbonyl (C=O) groups excluding carboxylic acids is 1. The second-order valence-electron chi connectivity index (χ2n) is 6.77. The first-order chi connectivity index (χ1) is 12.7. The van der Waals surface area contributed by atoms with Gasteiger partial charge in [0.15, 0.2) is 17.2 Å². The lowest BCUT2D eigenvalue weighted by atomic mass is 10.0. The second kappa shape index (κ2) is 8.91. The van der Waals surface area contributed by atoms with Gasteiger partial charge < -0.3 is 24.1 Å². The molecule has 9 nitrogen and oxygen atoms in total. The van der Waals surface area contributed by atoms with Crippen molar-refractivity contribution in [2.24, 2.45) is 5.73 Å². The summed E-state index contributed by atoms with van der Waals surface area (Å²) in [6, 6.07) is -1.51. The van der Waals surface area contributed by atoms with E-state index in [0.717, 1.165) is 4.31 Å². The Kier molecular flexibility index (Phi) is 7.82. The standard InChI is InChI=1S/C16H24Cl2N2O7S/c1-16(2,3)26-15(21)11(19)8-12(24-6)9(17)14(25-7)10(18)13(8)27-28(22,23)20(4)5/h11H,19H2,1-7H3. The van der Waals surface area contributed by atoms with Crippen molar-refractivity contribution in [2.75, 3.05) is 28.3 Å². The molecule has 0 heterocycles. The Morgan fingerprint density at radius 3 is 1.89 bits per heavy atom. The van der Waals surface area contributed by atoms with Gasteiger partial charge in [-0.3, -0.25) is 0 Å². The number of halogens is 2. The van der Waals surface area contributed by atoms with Crippen molar-refractivity contribution in [1.82, 2.24) is 4.31 Å². The summed E-state index contributed by atoms with van der Waals surface area (Å²) in [6.07, 6.45) is 0. The lowest BCUT2D eigenvalue weighted by Gasteiger charge is -2.26. The minimum absolute atomic E-state index is 0.107. The predicted octanol–water partition coefficient (Wildman–Crippen LogP) is 2.54. The third-order valence-electron chi connectivity index (χ3n) is 3.30. The van der Waals surface area contributed by atoms with Crippen LogP contribution < -0.4 is 19.4 Å². The fourth-order valence-electron chi connectivity index (χ4n) is 2.05. The van der Waals surface area contributed by atoms with Crippen LogP contribution in [0.25, 0.3) is 0 Å². The molecule has 0 saturated heterocycles. The van der Waals surface area contributed by atoms with Crippen LogP contribution in [0.4, 0.5) is 0 Å². The average molecular weight is 459 g/mol. The van der Waals surface area contributed by atoms with E-state index in [0.29, 0.717) is 0 Å². The smallest absolute Gasteiger partial charge is 0.384 e. The normalized spacial score (nSPS) is 13.2. The van der Waals surface area contributed by atoms with Gasteiger partial charge in [0.25, 0.3) is 0 Å². The van der Waals surface area contributed by atoms with Crippen molar-refractivity contribution < 1.29 is 31.6 Å². The summed E-state index contributed by atoms with van der Waals surface area (Å²) in [7, 11) is 0.758. The van der Waals surface area contributed by atoms with Gasteiger partial charge in [0.2, 0.25) is 0 Å². The average Bonchev–Trinajstić information content (AvgIpc) is 2.55.